The van der Waals surface area contributed by atoms with Crippen molar-refractivity contribution in [2.45, 2.75) is 13.1 Å². The average Bonchev–Trinajstić information content (AvgIpc) is 2.54. The van der Waals surface area contributed by atoms with Gasteiger partial charge in [0.2, 0.25) is 0 Å². The van der Waals surface area contributed by atoms with Crippen molar-refractivity contribution in [3.05, 3.63) is 33.7 Å². The predicted molar refractivity (Wildman–Crippen MR) is 59.6 cm³/mol. The van der Waals surface area contributed by atoms with Crippen LogP contribution in [0.15, 0.2) is 16.6 Å². The minimum atomic E-state index is -4.66. The number of hydrogen-bond donors (Lipinski definition) is 1. The number of rotatable bonds is 1. The number of hydrogen-bond acceptors (Lipinski definition) is 2. The fourth-order valence-electron chi connectivity index (χ4n) is 1.70. The number of imidazole rings is 1. The maximum atomic E-state index is 12.8. The van der Waals surface area contributed by atoms with E-state index in [2.05, 4.69) is 20.9 Å². The van der Waals surface area contributed by atoms with Gasteiger partial charge in [0, 0.05) is 0 Å². The van der Waals surface area contributed by atoms with E-state index in [9.17, 15) is 18.0 Å². The third-order valence-electron chi connectivity index (χ3n) is 2.39. The molecule has 0 saturated heterocycles. The molecule has 18 heavy (non-hydrogen) atoms. The van der Waals surface area contributed by atoms with Gasteiger partial charge >= 0.3 is 12.1 Å². The van der Waals surface area contributed by atoms with Gasteiger partial charge in [-0.15, -0.1) is 0 Å². The Morgan fingerprint density at radius 1 is 1.44 bits per heavy atom. The zero-order chi connectivity index (χ0) is 13.7. The molecule has 0 bridgehead atoms. The zero-order valence-corrected chi connectivity index (χ0v) is 10.5. The van der Waals surface area contributed by atoms with E-state index < -0.39 is 23.5 Å². The fourth-order valence-corrected chi connectivity index (χ4v) is 2.10. The monoisotopic (exact) mass is 322 g/mol. The summed E-state index contributed by atoms with van der Waals surface area (Å²) in [4.78, 5) is 14.9. The largest absolute Gasteiger partial charge is 0.477 e. The van der Waals surface area contributed by atoms with Gasteiger partial charge < -0.3 is 5.11 Å². The molecule has 0 aliphatic rings. The lowest BCUT2D eigenvalue weighted by atomic mass is 10.3. The fraction of sp³-hybridized carbons (Fsp3) is 0.200. The van der Waals surface area contributed by atoms with Gasteiger partial charge in [-0.25, -0.2) is 9.78 Å². The van der Waals surface area contributed by atoms with E-state index >= 15 is 0 Å². The quantitative estimate of drug-likeness (QED) is 0.877. The van der Waals surface area contributed by atoms with Crippen LogP contribution in [0.25, 0.3) is 5.65 Å². The molecule has 2 aromatic rings. The van der Waals surface area contributed by atoms with Gasteiger partial charge in [-0.3, -0.25) is 4.40 Å². The number of halogens is 4. The number of carboxylic acid groups (broad SMARTS) is 1. The van der Waals surface area contributed by atoms with Crippen LogP contribution >= 0.6 is 15.9 Å². The van der Waals surface area contributed by atoms with Crippen LogP contribution in [0.5, 0.6) is 0 Å². The van der Waals surface area contributed by atoms with Crippen molar-refractivity contribution < 1.29 is 23.1 Å². The number of aromatic carboxylic acids is 1. The average molecular weight is 323 g/mol. The lowest BCUT2D eigenvalue weighted by Gasteiger charge is -2.11. The molecule has 4 nitrogen and oxygen atoms in total. The molecule has 0 saturated carbocycles. The molecular formula is C10H6BrF3N2O2. The van der Waals surface area contributed by atoms with E-state index in [1.54, 1.807) is 0 Å². The van der Waals surface area contributed by atoms with Gasteiger partial charge in [0.25, 0.3) is 0 Å². The molecule has 0 aliphatic heterocycles. The van der Waals surface area contributed by atoms with Crippen molar-refractivity contribution in [1.29, 1.82) is 0 Å². The molecule has 0 aromatic carbocycles. The Kier molecular flexibility index (Phi) is 2.84. The van der Waals surface area contributed by atoms with E-state index in [0.29, 0.717) is 8.87 Å². The summed E-state index contributed by atoms with van der Waals surface area (Å²) in [5.41, 5.74) is -1.60. The summed E-state index contributed by atoms with van der Waals surface area (Å²) >= 11 is 3.05. The maximum Gasteiger partial charge on any atom is 0.431 e. The van der Waals surface area contributed by atoms with Crippen LogP contribution in [-0.4, -0.2) is 20.5 Å². The molecule has 1 N–H and O–H groups in total. The molecule has 0 fully saturated rings. The number of carboxylic acids is 1. The molecule has 0 aliphatic carbocycles. The highest BCUT2D eigenvalue weighted by Crippen LogP contribution is 2.33. The molecule has 96 valence electrons. The van der Waals surface area contributed by atoms with Crippen LogP contribution in [0.1, 0.15) is 21.9 Å². The molecule has 8 heteroatoms. The zero-order valence-electron chi connectivity index (χ0n) is 8.92. The summed E-state index contributed by atoms with van der Waals surface area (Å²) in [7, 11) is 0. The second kappa shape index (κ2) is 3.98. The van der Waals surface area contributed by atoms with Crippen molar-refractivity contribution in [3.63, 3.8) is 0 Å². The first kappa shape index (κ1) is 12.9. The minimum absolute atomic E-state index is 0.0277. The van der Waals surface area contributed by atoms with Gasteiger partial charge in [0.1, 0.15) is 5.69 Å². The summed E-state index contributed by atoms with van der Waals surface area (Å²) in [6, 6.07) is 2.00. The smallest absolute Gasteiger partial charge is 0.431 e. The number of carbonyl (C=O) groups is 1. The Hall–Kier alpha value is -1.57. The highest BCUT2D eigenvalue weighted by molar-refractivity contribution is 9.10. The molecule has 0 unspecified atom stereocenters. The molecule has 0 atom stereocenters. The summed E-state index contributed by atoms with van der Waals surface area (Å²) in [6.45, 7) is 1.35. The van der Waals surface area contributed by atoms with Crippen molar-refractivity contribution in [2.24, 2.45) is 0 Å². The number of alkyl halides is 3. The van der Waals surface area contributed by atoms with Crippen LogP contribution in [0.4, 0.5) is 13.2 Å². The first-order chi connectivity index (χ1) is 8.23. The highest BCUT2D eigenvalue weighted by atomic mass is 79.9. The van der Waals surface area contributed by atoms with E-state index in [1.807, 2.05) is 0 Å². The van der Waals surface area contributed by atoms with Gasteiger partial charge in [0.05, 0.1) is 10.2 Å². The first-order valence-electron chi connectivity index (χ1n) is 4.71. The second-order valence-corrected chi connectivity index (χ2v) is 4.43. The number of nitrogens with zero attached hydrogens (tertiary/aromatic N) is 2. The van der Waals surface area contributed by atoms with E-state index in [0.717, 1.165) is 6.07 Å². The van der Waals surface area contributed by atoms with Gasteiger partial charge in [0.15, 0.2) is 11.3 Å². The lowest BCUT2D eigenvalue weighted by Crippen LogP contribution is -2.15. The van der Waals surface area contributed by atoms with E-state index in [1.165, 1.54) is 13.0 Å². The van der Waals surface area contributed by atoms with Crippen LogP contribution < -0.4 is 0 Å². The maximum absolute atomic E-state index is 12.8. The molecule has 2 rings (SSSR count). The van der Waals surface area contributed by atoms with Crippen molar-refractivity contribution >= 4 is 27.5 Å². The molecular weight excluding hydrogens is 317 g/mol. The second-order valence-electron chi connectivity index (χ2n) is 3.57. The third-order valence-corrected chi connectivity index (χ3v) is 3.01. The van der Waals surface area contributed by atoms with E-state index in [-0.39, 0.29) is 11.3 Å². The molecule has 0 amide bonds. The minimum Gasteiger partial charge on any atom is -0.477 e. The Balaban J connectivity index is 2.98. The Morgan fingerprint density at radius 2 is 2.06 bits per heavy atom. The van der Waals surface area contributed by atoms with Crippen LogP contribution in [0.3, 0.4) is 0 Å². The third kappa shape index (κ3) is 1.86. The predicted octanol–water partition coefficient (Wildman–Crippen LogP) is 3.12. The molecule has 2 aromatic heterocycles. The molecule has 2 heterocycles. The highest BCUT2D eigenvalue weighted by Gasteiger charge is 2.36. The number of fused-ring (bicyclic) bond motifs is 1. The Labute approximate surface area is 107 Å². The standard InChI is InChI=1S/C10H6BrF3N2O2/c1-4-7(9(17)18)16-6(10(12,13)14)3-2-5(11)8(16)15-4/h2-3H,1H3,(H,17,18). The number of aryl methyl sites for hydroxylation is 1. The summed E-state index contributed by atoms with van der Waals surface area (Å²) in [5.74, 6) is -1.45. The van der Waals surface area contributed by atoms with Crippen LogP contribution in [0, 0.1) is 6.92 Å². The van der Waals surface area contributed by atoms with Crippen LogP contribution in [0.2, 0.25) is 0 Å². The van der Waals surface area contributed by atoms with Gasteiger partial charge in [-0.1, -0.05) is 0 Å². The van der Waals surface area contributed by atoms with Gasteiger partial charge in [-0.2, -0.15) is 13.2 Å². The number of aromatic nitrogens is 2. The van der Waals surface area contributed by atoms with Crippen molar-refractivity contribution in [3.8, 4) is 0 Å². The molecule has 0 radical (unpaired) electrons. The van der Waals surface area contributed by atoms with Crippen LogP contribution in [-0.2, 0) is 6.18 Å². The summed E-state index contributed by atoms with van der Waals surface area (Å²) in [5, 5.41) is 8.99. The summed E-state index contributed by atoms with van der Waals surface area (Å²) in [6.07, 6.45) is -4.66. The lowest BCUT2D eigenvalue weighted by molar-refractivity contribution is -0.142. The number of pyridine rings is 1. The van der Waals surface area contributed by atoms with Crippen molar-refractivity contribution in [1.82, 2.24) is 9.38 Å². The SMILES string of the molecule is Cc1nc2c(Br)ccc(C(F)(F)F)n2c1C(=O)O. The first-order valence-corrected chi connectivity index (χ1v) is 5.51. The van der Waals surface area contributed by atoms with Gasteiger partial charge in [-0.05, 0) is 35.0 Å². The van der Waals surface area contributed by atoms with E-state index in [4.69, 9.17) is 5.11 Å². The topological polar surface area (TPSA) is 54.6 Å². The molecule has 0 spiro atoms. The Morgan fingerprint density at radius 3 is 2.56 bits per heavy atom. The van der Waals surface area contributed by atoms with Crippen molar-refractivity contribution in [2.75, 3.05) is 0 Å². The summed E-state index contributed by atoms with van der Waals surface area (Å²) < 4.78 is 39.4. The normalized spacial score (nSPS) is 12.1. The Bertz CT molecular complexity index is 649.